The molecule has 1 aromatic heterocycles. The van der Waals surface area contributed by atoms with Gasteiger partial charge in [-0.2, -0.15) is 0 Å². The lowest BCUT2D eigenvalue weighted by Crippen LogP contribution is -2.12. The third-order valence-corrected chi connectivity index (χ3v) is 3.70. The van der Waals surface area contributed by atoms with Gasteiger partial charge in [-0.3, -0.25) is 0 Å². The van der Waals surface area contributed by atoms with Crippen molar-refractivity contribution in [2.24, 2.45) is 0 Å². The molecule has 0 amide bonds. The zero-order valence-corrected chi connectivity index (χ0v) is 13.3. The molecule has 0 unspecified atom stereocenters. The maximum atomic E-state index is 10.0. The molecule has 0 aliphatic heterocycles. The highest BCUT2D eigenvalue weighted by atomic mass is 79.9. The molecule has 2 aromatic carbocycles. The third-order valence-electron chi connectivity index (χ3n) is 3.21. The lowest BCUT2D eigenvalue weighted by atomic mass is 10.1. The topological polar surface area (TPSA) is 49.2 Å². The number of rotatable bonds is 2. The number of aromatic hydroxyl groups is 1. The number of hydrogen-bond donors (Lipinski definition) is 1. The van der Waals surface area contributed by atoms with Gasteiger partial charge in [-0.25, -0.2) is 9.97 Å². The molecular formula is C16H14BrN3O. The van der Waals surface area contributed by atoms with Crippen molar-refractivity contribution in [3.63, 3.8) is 0 Å². The fourth-order valence-corrected chi connectivity index (χ4v) is 2.57. The molecule has 1 N–H and O–H groups in total. The number of phenols is 1. The van der Waals surface area contributed by atoms with Crippen molar-refractivity contribution < 1.29 is 5.11 Å². The molecule has 0 aliphatic carbocycles. The molecule has 5 heteroatoms. The Morgan fingerprint density at radius 3 is 2.52 bits per heavy atom. The first-order chi connectivity index (χ1) is 10.1. The van der Waals surface area contributed by atoms with E-state index in [9.17, 15) is 5.11 Å². The Labute approximate surface area is 131 Å². The number of benzene rings is 2. The van der Waals surface area contributed by atoms with E-state index in [-0.39, 0.29) is 5.75 Å². The van der Waals surface area contributed by atoms with Crippen LogP contribution in [0.4, 0.5) is 5.82 Å². The maximum absolute atomic E-state index is 10.0. The predicted octanol–water partition coefficient (Wildman–Crippen LogP) is 3.83. The molecule has 0 atom stereocenters. The predicted molar refractivity (Wildman–Crippen MR) is 88.7 cm³/mol. The van der Waals surface area contributed by atoms with Crippen molar-refractivity contribution in [3.05, 3.63) is 46.9 Å². The number of fused-ring (bicyclic) bond motifs is 1. The maximum Gasteiger partial charge on any atom is 0.165 e. The fourth-order valence-electron chi connectivity index (χ4n) is 2.21. The first-order valence-corrected chi connectivity index (χ1v) is 7.28. The summed E-state index contributed by atoms with van der Waals surface area (Å²) >= 11 is 3.48. The molecule has 0 spiro atoms. The minimum Gasteiger partial charge on any atom is -0.507 e. The van der Waals surface area contributed by atoms with Crippen LogP contribution in [-0.4, -0.2) is 29.2 Å². The van der Waals surface area contributed by atoms with Crippen LogP contribution < -0.4 is 4.90 Å². The van der Waals surface area contributed by atoms with Crippen LogP contribution in [0.3, 0.4) is 0 Å². The van der Waals surface area contributed by atoms with E-state index in [0.717, 1.165) is 21.2 Å². The molecular weight excluding hydrogens is 330 g/mol. The molecule has 21 heavy (non-hydrogen) atoms. The lowest BCUT2D eigenvalue weighted by molar-refractivity contribution is 0.477. The van der Waals surface area contributed by atoms with E-state index in [1.165, 1.54) is 0 Å². The zero-order valence-electron chi connectivity index (χ0n) is 11.7. The van der Waals surface area contributed by atoms with Crippen LogP contribution in [-0.2, 0) is 0 Å². The number of nitrogens with zero attached hydrogens (tertiary/aromatic N) is 3. The first-order valence-electron chi connectivity index (χ1n) is 6.49. The second-order valence-corrected chi connectivity index (χ2v) is 5.86. The summed E-state index contributed by atoms with van der Waals surface area (Å²) in [5.74, 6) is 1.52. The first kappa shape index (κ1) is 13.8. The summed E-state index contributed by atoms with van der Waals surface area (Å²) in [6.45, 7) is 0. The summed E-state index contributed by atoms with van der Waals surface area (Å²) < 4.78 is 0.983. The van der Waals surface area contributed by atoms with Gasteiger partial charge in [0.15, 0.2) is 5.82 Å². The molecule has 0 radical (unpaired) electrons. The van der Waals surface area contributed by atoms with Gasteiger partial charge in [0.25, 0.3) is 0 Å². The molecule has 0 fully saturated rings. The van der Waals surface area contributed by atoms with E-state index in [2.05, 4.69) is 25.9 Å². The van der Waals surface area contributed by atoms with E-state index < -0.39 is 0 Å². The molecule has 0 aliphatic rings. The summed E-state index contributed by atoms with van der Waals surface area (Å²) in [4.78, 5) is 11.1. The fraction of sp³-hybridized carbons (Fsp3) is 0.125. The second-order valence-electron chi connectivity index (χ2n) is 4.94. The Balaban J connectivity index is 2.31. The molecule has 1 heterocycles. The van der Waals surface area contributed by atoms with Crippen LogP contribution in [0.2, 0.25) is 0 Å². The van der Waals surface area contributed by atoms with Gasteiger partial charge in [0.2, 0.25) is 0 Å². The molecule has 0 bridgehead atoms. The smallest absolute Gasteiger partial charge is 0.165 e. The van der Waals surface area contributed by atoms with E-state index in [1.807, 2.05) is 49.3 Å². The summed E-state index contributed by atoms with van der Waals surface area (Å²) in [5.41, 5.74) is 1.47. The molecule has 0 saturated heterocycles. The summed E-state index contributed by atoms with van der Waals surface area (Å²) in [5, 5.41) is 11.0. The SMILES string of the molecule is CN(C)c1nc(-c2ccccc2O)nc2ccc(Br)cc12. The van der Waals surface area contributed by atoms with Crippen LogP contribution in [0.5, 0.6) is 5.75 Å². The van der Waals surface area contributed by atoms with Gasteiger partial charge in [0.05, 0.1) is 11.1 Å². The van der Waals surface area contributed by atoms with Crippen LogP contribution in [0.15, 0.2) is 46.9 Å². The standard InChI is InChI=1S/C16H14BrN3O/c1-20(2)16-12-9-10(17)7-8-13(12)18-15(19-16)11-5-3-4-6-14(11)21/h3-9,21H,1-2H3. The van der Waals surface area contributed by atoms with Crippen LogP contribution in [0.25, 0.3) is 22.3 Å². The second kappa shape index (κ2) is 5.33. The van der Waals surface area contributed by atoms with Gasteiger partial charge in [0, 0.05) is 24.0 Å². The van der Waals surface area contributed by atoms with Gasteiger partial charge < -0.3 is 10.0 Å². The molecule has 0 saturated carbocycles. The largest absolute Gasteiger partial charge is 0.507 e. The van der Waals surface area contributed by atoms with E-state index in [0.29, 0.717) is 11.4 Å². The van der Waals surface area contributed by atoms with Crippen molar-refractivity contribution >= 4 is 32.7 Å². The molecule has 106 valence electrons. The quantitative estimate of drug-likeness (QED) is 0.768. The van der Waals surface area contributed by atoms with Gasteiger partial charge in [-0.15, -0.1) is 0 Å². The average molecular weight is 344 g/mol. The van der Waals surface area contributed by atoms with Crippen LogP contribution >= 0.6 is 15.9 Å². The minimum atomic E-state index is 0.179. The Kier molecular flexibility index (Phi) is 3.51. The number of anilines is 1. The highest BCUT2D eigenvalue weighted by Crippen LogP contribution is 2.31. The average Bonchev–Trinajstić information content (AvgIpc) is 2.46. The van der Waals surface area contributed by atoms with Gasteiger partial charge >= 0.3 is 0 Å². The van der Waals surface area contributed by atoms with Crippen LogP contribution in [0, 0.1) is 0 Å². The normalized spacial score (nSPS) is 10.8. The van der Waals surface area contributed by atoms with Crippen molar-refractivity contribution in [1.29, 1.82) is 0 Å². The van der Waals surface area contributed by atoms with Crippen molar-refractivity contribution in [1.82, 2.24) is 9.97 Å². The van der Waals surface area contributed by atoms with Crippen molar-refractivity contribution in [2.75, 3.05) is 19.0 Å². The molecule has 3 rings (SSSR count). The molecule has 3 aromatic rings. The van der Waals surface area contributed by atoms with Crippen LogP contribution in [0.1, 0.15) is 0 Å². The number of aromatic nitrogens is 2. The van der Waals surface area contributed by atoms with E-state index in [1.54, 1.807) is 12.1 Å². The van der Waals surface area contributed by atoms with Gasteiger partial charge in [0.1, 0.15) is 11.6 Å². The summed E-state index contributed by atoms with van der Waals surface area (Å²) in [6, 6.07) is 13.0. The third kappa shape index (κ3) is 2.56. The number of hydrogen-bond acceptors (Lipinski definition) is 4. The Hall–Kier alpha value is -2.14. The van der Waals surface area contributed by atoms with E-state index in [4.69, 9.17) is 0 Å². The number of para-hydroxylation sites is 1. The highest BCUT2D eigenvalue weighted by molar-refractivity contribution is 9.10. The van der Waals surface area contributed by atoms with Crippen molar-refractivity contribution in [2.45, 2.75) is 0 Å². The summed E-state index contributed by atoms with van der Waals surface area (Å²) in [6.07, 6.45) is 0. The van der Waals surface area contributed by atoms with E-state index >= 15 is 0 Å². The highest BCUT2D eigenvalue weighted by Gasteiger charge is 2.13. The van der Waals surface area contributed by atoms with Gasteiger partial charge in [-0.05, 0) is 30.3 Å². The summed E-state index contributed by atoms with van der Waals surface area (Å²) in [7, 11) is 3.88. The van der Waals surface area contributed by atoms with Crippen molar-refractivity contribution in [3.8, 4) is 17.1 Å². The lowest BCUT2D eigenvalue weighted by Gasteiger charge is -2.16. The number of halogens is 1. The molecule has 4 nitrogen and oxygen atoms in total. The Bertz CT molecular complexity index is 818. The van der Waals surface area contributed by atoms with Gasteiger partial charge in [-0.1, -0.05) is 28.1 Å². The Morgan fingerprint density at radius 1 is 1.05 bits per heavy atom. The minimum absolute atomic E-state index is 0.179. The zero-order chi connectivity index (χ0) is 15.0. The number of phenolic OH excluding ortho intramolecular Hbond substituents is 1. The monoisotopic (exact) mass is 343 g/mol. The Morgan fingerprint density at radius 2 is 1.81 bits per heavy atom.